The summed E-state index contributed by atoms with van der Waals surface area (Å²) in [5.74, 6) is -1.47. The van der Waals surface area contributed by atoms with Crippen molar-refractivity contribution in [2.45, 2.75) is 51.9 Å². The first-order valence-corrected chi connectivity index (χ1v) is 6.34. The van der Waals surface area contributed by atoms with Gasteiger partial charge in [0.05, 0.1) is 5.57 Å². The largest absolute Gasteiger partial charge is 0.478 e. The van der Waals surface area contributed by atoms with E-state index in [1.807, 2.05) is 0 Å². The van der Waals surface area contributed by atoms with Gasteiger partial charge in [-0.2, -0.15) is 0 Å². The summed E-state index contributed by atoms with van der Waals surface area (Å²) in [5.41, 5.74) is 0.0318. The zero-order valence-corrected chi connectivity index (χ0v) is 11.0. The first kappa shape index (κ1) is 16.4. The van der Waals surface area contributed by atoms with Gasteiger partial charge < -0.3 is 9.84 Å². The molecule has 0 spiro atoms. The van der Waals surface area contributed by atoms with E-state index < -0.39 is 5.97 Å². The molecule has 0 fully saturated rings. The number of hydrogen-bond acceptors (Lipinski definition) is 3. The highest BCUT2D eigenvalue weighted by molar-refractivity contribution is 5.87. The minimum atomic E-state index is -1.09. The number of carboxylic acid groups (broad SMARTS) is 1. The third-order valence-corrected chi connectivity index (χ3v) is 2.46. The van der Waals surface area contributed by atoms with E-state index in [9.17, 15) is 9.59 Å². The van der Waals surface area contributed by atoms with Crippen LogP contribution in [0.25, 0.3) is 0 Å². The Kier molecular flexibility index (Phi) is 9.64. The first-order valence-electron chi connectivity index (χ1n) is 6.34. The van der Waals surface area contributed by atoms with Gasteiger partial charge in [-0.3, -0.25) is 4.79 Å². The Morgan fingerprint density at radius 2 is 1.89 bits per heavy atom. The van der Waals surface area contributed by atoms with Crippen molar-refractivity contribution in [3.63, 3.8) is 0 Å². The number of carbonyl (C=O) groups is 2. The minimum Gasteiger partial charge on any atom is -0.478 e. The third-order valence-electron chi connectivity index (χ3n) is 2.46. The fraction of sp³-hybridized carbons (Fsp3) is 0.571. The fourth-order valence-electron chi connectivity index (χ4n) is 1.41. The maximum absolute atomic E-state index is 11.3. The van der Waals surface area contributed by atoms with E-state index in [0.29, 0.717) is 6.42 Å². The van der Waals surface area contributed by atoms with Crippen molar-refractivity contribution in [3.8, 4) is 0 Å². The molecule has 0 aliphatic heterocycles. The molecule has 0 aliphatic carbocycles. The molecule has 0 radical (unpaired) electrons. The number of esters is 1. The molecule has 1 N–H and O–H groups in total. The Bertz CT molecular complexity index is 305. The van der Waals surface area contributed by atoms with Crippen LogP contribution >= 0.6 is 0 Å². The van der Waals surface area contributed by atoms with E-state index in [1.165, 1.54) is 12.5 Å². The Morgan fingerprint density at radius 1 is 1.22 bits per heavy atom. The van der Waals surface area contributed by atoms with E-state index in [1.54, 1.807) is 0 Å². The standard InChI is InChI=1S/C14H22O4/c1-3-5-6-7-8-10-13(15)18-11-12(9-4-2)14(16)17/h4,11H,2-3,5-10H2,1H3,(H,16,17). The van der Waals surface area contributed by atoms with Gasteiger partial charge in [0.1, 0.15) is 6.26 Å². The van der Waals surface area contributed by atoms with E-state index in [4.69, 9.17) is 9.84 Å². The van der Waals surface area contributed by atoms with Gasteiger partial charge in [-0.1, -0.05) is 38.7 Å². The summed E-state index contributed by atoms with van der Waals surface area (Å²) >= 11 is 0. The van der Waals surface area contributed by atoms with Crippen molar-refractivity contribution < 1.29 is 19.4 Å². The van der Waals surface area contributed by atoms with E-state index >= 15 is 0 Å². The minimum absolute atomic E-state index is 0.0318. The van der Waals surface area contributed by atoms with Crippen molar-refractivity contribution in [1.82, 2.24) is 0 Å². The predicted molar refractivity (Wildman–Crippen MR) is 70.0 cm³/mol. The summed E-state index contributed by atoms with van der Waals surface area (Å²) in [6.07, 6.45) is 8.24. The van der Waals surface area contributed by atoms with Gasteiger partial charge in [-0.25, -0.2) is 4.79 Å². The lowest BCUT2D eigenvalue weighted by Crippen LogP contribution is -2.04. The predicted octanol–water partition coefficient (Wildman–Crippen LogP) is 3.43. The third kappa shape index (κ3) is 8.56. The molecule has 0 aromatic rings. The Labute approximate surface area is 108 Å². The molecule has 0 aliphatic rings. The van der Waals surface area contributed by atoms with Gasteiger partial charge in [-0.15, -0.1) is 6.58 Å². The van der Waals surface area contributed by atoms with Gasteiger partial charge in [0.15, 0.2) is 0 Å². The Balaban J connectivity index is 3.89. The molecule has 4 nitrogen and oxygen atoms in total. The van der Waals surface area contributed by atoms with Crippen LogP contribution in [0, 0.1) is 0 Å². The van der Waals surface area contributed by atoms with Crippen LogP contribution in [0.15, 0.2) is 24.5 Å². The smallest absolute Gasteiger partial charge is 0.335 e. The number of rotatable bonds is 10. The second kappa shape index (κ2) is 10.6. The van der Waals surface area contributed by atoms with Crippen molar-refractivity contribution in [2.75, 3.05) is 0 Å². The van der Waals surface area contributed by atoms with E-state index in [0.717, 1.165) is 31.9 Å². The van der Waals surface area contributed by atoms with Crippen LogP contribution in [-0.2, 0) is 14.3 Å². The van der Waals surface area contributed by atoms with Crippen molar-refractivity contribution >= 4 is 11.9 Å². The second-order valence-electron chi connectivity index (χ2n) is 4.10. The van der Waals surface area contributed by atoms with Crippen molar-refractivity contribution in [1.29, 1.82) is 0 Å². The van der Waals surface area contributed by atoms with Crippen LogP contribution < -0.4 is 0 Å². The SMILES string of the molecule is C=CCC(=COC(=O)CCCCCCC)C(=O)O. The molecule has 0 saturated heterocycles. The zero-order chi connectivity index (χ0) is 13.8. The first-order chi connectivity index (χ1) is 8.61. The molecular formula is C14H22O4. The van der Waals surface area contributed by atoms with Crippen LogP contribution in [0.4, 0.5) is 0 Å². The Morgan fingerprint density at radius 3 is 2.44 bits per heavy atom. The lowest BCUT2D eigenvalue weighted by atomic mass is 10.1. The summed E-state index contributed by atoms with van der Waals surface area (Å²) in [6, 6.07) is 0. The number of carbonyl (C=O) groups excluding carboxylic acids is 1. The number of allylic oxidation sites excluding steroid dienone is 1. The number of carboxylic acids is 1. The molecule has 0 aromatic carbocycles. The molecule has 0 atom stereocenters. The zero-order valence-electron chi connectivity index (χ0n) is 11.0. The normalized spacial score (nSPS) is 11.1. The molecule has 18 heavy (non-hydrogen) atoms. The Hall–Kier alpha value is -1.58. The average molecular weight is 254 g/mol. The number of hydrogen-bond donors (Lipinski definition) is 1. The monoisotopic (exact) mass is 254 g/mol. The molecule has 0 amide bonds. The van der Waals surface area contributed by atoms with E-state index in [-0.39, 0.29) is 18.0 Å². The molecule has 0 heterocycles. The van der Waals surface area contributed by atoms with E-state index in [2.05, 4.69) is 13.5 Å². The maximum atomic E-state index is 11.3. The van der Waals surface area contributed by atoms with Crippen LogP contribution in [0.1, 0.15) is 51.9 Å². The quantitative estimate of drug-likeness (QED) is 0.213. The highest BCUT2D eigenvalue weighted by atomic mass is 16.5. The number of ether oxygens (including phenoxy) is 1. The van der Waals surface area contributed by atoms with Gasteiger partial charge in [0.2, 0.25) is 0 Å². The highest BCUT2D eigenvalue weighted by Gasteiger charge is 2.07. The number of unbranched alkanes of at least 4 members (excludes halogenated alkanes) is 4. The highest BCUT2D eigenvalue weighted by Crippen LogP contribution is 2.07. The fourth-order valence-corrected chi connectivity index (χ4v) is 1.41. The van der Waals surface area contributed by atoms with Crippen molar-refractivity contribution in [3.05, 3.63) is 24.5 Å². The van der Waals surface area contributed by atoms with Crippen LogP contribution in [-0.4, -0.2) is 17.0 Å². The van der Waals surface area contributed by atoms with Crippen LogP contribution in [0.5, 0.6) is 0 Å². The van der Waals surface area contributed by atoms with Crippen LogP contribution in [0.3, 0.4) is 0 Å². The van der Waals surface area contributed by atoms with Crippen LogP contribution in [0.2, 0.25) is 0 Å². The van der Waals surface area contributed by atoms with Gasteiger partial charge in [-0.05, 0) is 6.42 Å². The maximum Gasteiger partial charge on any atom is 0.335 e. The van der Waals surface area contributed by atoms with Gasteiger partial charge in [0.25, 0.3) is 0 Å². The molecule has 0 aromatic heterocycles. The lowest BCUT2D eigenvalue weighted by Gasteiger charge is -2.02. The lowest BCUT2D eigenvalue weighted by molar-refractivity contribution is -0.138. The molecule has 0 rings (SSSR count). The summed E-state index contributed by atoms with van der Waals surface area (Å²) in [5, 5.41) is 8.78. The summed E-state index contributed by atoms with van der Waals surface area (Å²) in [4.78, 5) is 22.0. The second-order valence-corrected chi connectivity index (χ2v) is 4.10. The molecule has 0 saturated carbocycles. The van der Waals surface area contributed by atoms with Gasteiger partial charge in [0, 0.05) is 12.8 Å². The molecule has 0 unspecified atom stereocenters. The topological polar surface area (TPSA) is 63.6 Å². The average Bonchev–Trinajstić information content (AvgIpc) is 2.33. The number of aliphatic carboxylic acids is 1. The molecule has 0 bridgehead atoms. The molecular weight excluding hydrogens is 232 g/mol. The van der Waals surface area contributed by atoms with Gasteiger partial charge >= 0.3 is 11.9 Å². The molecule has 102 valence electrons. The molecule has 4 heteroatoms. The summed E-state index contributed by atoms with van der Waals surface area (Å²) < 4.78 is 4.79. The summed E-state index contributed by atoms with van der Waals surface area (Å²) in [6.45, 7) is 5.57. The van der Waals surface area contributed by atoms with Crippen molar-refractivity contribution in [2.24, 2.45) is 0 Å². The summed E-state index contributed by atoms with van der Waals surface area (Å²) in [7, 11) is 0.